The Kier molecular flexibility index (Phi) is 8.70. The van der Waals surface area contributed by atoms with E-state index in [-0.39, 0.29) is 11.4 Å². The Morgan fingerprint density at radius 1 is 1.11 bits per heavy atom. The van der Waals surface area contributed by atoms with E-state index in [1.165, 1.54) is 11.8 Å². The molecule has 1 unspecified atom stereocenters. The minimum atomic E-state index is -0.297. The van der Waals surface area contributed by atoms with Crippen LogP contribution in [0.15, 0.2) is 68.4 Å². The third kappa shape index (κ3) is 6.76. The monoisotopic (exact) mass is 636 g/mol. The zero-order valence-electron chi connectivity index (χ0n) is 19.0. The van der Waals surface area contributed by atoms with Crippen molar-refractivity contribution in [2.24, 2.45) is 0 Å². The van der Waals surface area contributed by atoms with Crippen LogP contribution in [0.2, 0.25) is 5.02 Å². The second-order valence-corrected chi connectivity index (χ2v) is 11.1. The van der Waals surface area contributed by atoms with Gasteiger partial charge in [-0.2, -0.15) is 0 Å². The zero-order chi connectivity index (χ0) is 24.9. The zero-order valence-corrected chi connectivity index (χ0v) is 23.8. The number of ether oxygens (including phenoxy) is 2. The molecule has 1 aliphatic heterocycles. The largest absolute Gasteiger partial charge is 0.490 e. The Morgan fingerprint density at radius 2 is 1.89 bits per heavy atom. The van der Waals surface area contributed by atoms with Crippen LogP contribution in [0.3, 0.4) is 0 Å². The highest BCUT2D eigenvalue weighted by molar-refractivity contribution is 9.10. The predicted molar refractivity (Wildman–Crippen MR) is 151 cm³/mol. The molecule has 4 rings (SSSR count). The summed E-state index contributed by atoms with van der Waals surface area (Å²) in [5, 5.41) is 6.93. The molecule has 0 bridgehead atoms. The van der Waals surface area contributed by atoms with E-state index in [4.69, 9.17) is 21.1 Å². The molecular weight excluding hydrogens is 616 g/mol. The summed E-state index contributed by atoms with van der Waals surface area (Å²) in [4.78, 5) is 13.2. The Hall–Kier alpha value is -2.13. The predicted octanol–water partition coefficient (Wildman–Crippen LogP) is 7.75. The molecule has 0 aromatic heterocycles. The number of halogens is 3. The maximum absolute atomic E-state index is 12.6. The lowest BCUT2D eigenvalue weighted by atomic mass is 10.1. The number of anilines is 1. The summed E-state index contributed by atoms with van der Waals surface area (Å²) in [5.74, 6) is 1.09. The molecule has 1 amide bonds. The van der Waals surface area contributed by atoms with E-state index in [0.29, 0.717) is 34.6 Å². The lowest BCUT2D eigenvalue weighted by Crippen LogP contribution is -2.31. The van der Waals surface area contributed by atoms with Crippen molar-refractivity contribution in [1.29, 1.82) is 0 Å². The molecule has 5 nitrogen and oxygen atoms in total. The van der Waals surface area contributed by atoms with Gasteiger partial charge in [-0.05, 0) is 88.9 Å². The molecule has 1 saturated heterocycles. The number of aryl methyl sites for hydroxylation is 1. The third-order valence-corrected chi connectivity index (χ3v) is 7.52. The fraction of sp³-hybridized carbons (Fsp3) is 0.192. The van der Waals surface area contributed by atoms with E-state index in [0.717, 1.165) is 31.3 Å². The number of benzene rings is 3. The molecule has 1 heterocycles. The first-order valence-electron chi connectivity index (χ1n) is 10.9. The van der Waals surface area contributed by atoms with Crippen molar-refractivity contribution in [2.75, 3.05) is 11.9 Å². The van der Waals surface area contributed by atoms with Crippen LogP contribution in [0, 0.1) is 6.92 Å². The molecule has 0 spiro atoms. The van der Waals surface area contributed by atoms with Gasteiger partial charge in [0.15, 0.2) is 17.0 Å². The number of carbonyl (C=O) groups is 1. The van der Waals surface area contributed by atoms with Gasteiger partial charge in [-0.1, -0.05) is 57.5 Å². The molecular formula is C26H23Br2ClN2O3S. The van der Waals surface area contributed by atoms with E-state index in [2.05, 4.69) is 42.5 Å². The van der Waals surface area contributed by atoms with E-state index >= 15 is 0 Å². The van der Waals surface area contributed by atoms with E-state index < -0.39 is 0 Å². The molecule has 9 heteroatoms. The third-order valence-electron chi connectivity index (χ3n) is 5.14. The molecule has 1 atom stereocenters. The van der Waals surface area contributed by atoms with Gasteiger partial charge >= 0.3 is 0 Å². The van der Waals surface area contributed by atoms with Gasteiger partial charge in [0, 0.05) is 15.2 Å². The molecule has 0 saturated carbocycles. The molecule has 0 aliphatic carbocycles. The van der Waals surface area contributed by atoms with Crippen molar-refractivity contribution in [3.63, 3.8) is 0 Å². The summed E-state index contributed by atoms with van der Waals surface area (Å²) >= 11 is 14.6. The number of carbonyl (C=O) groups excluding carboxylic acids is 1. The van der Waals surface area contributed by atoms with Gasteiger partial charge in [-0.3, -0.25) is 4.79 Å². The van der Waals surface area contributed by atoms with Crippen LogP contribution < -0.4 is 20.1 Å². The Bertz CT molecular complexity index is 1270. The number of thioether (sulfide) groups is 1. The van der Waals surface area contributed by atoms with Crippen LogP contribution in [0.5, 0.6) is 11.5 Å². The second kappa shape index (κ2) is 11.7. The number of amides is 1. The summed E-state index contributed by atoms with van der Waals surface area (Å²) in [5.41, 5.74) is 3.50. The maximum Gasteiger partial charge on any atom is 0.260 e. The molecule has 1 aliphatic rings. The normalized spacial score (nSPS) is 16.3. The van der Waals surface area contributed by atoms with Crippen LogP contribution in [0.1, 0.15) is 23.6 Å². The van der Waals surface area contributed by atoms with E-state index in [1.54, 1.807) is 0 Å². The minimum Gasteiger partial charge on any atom is -0.490 e. The summed E-state index contributed by atoms with van der Waals surface area (Å²) in [6.07, 6.45) is 1.85. The van der Waals surface area contributed by atoms with Crippen LogP contribution in [-0.2, 0) is 11.4 Å². The topological polar surface area (TPSA) is 59.6 Å². The lowest BCUT2D eigenvalue weighted by Gasteiger charge is -2.15. The highest BCUT2D eigenvalue weighted by Gasteiger charge is 2.27. The summed E-state index contributed by atoms with van der Waals surface area (Å²) in [6.45, 7) is 4.80. The first kappa shape index (κ1) is 25.9. The Labute approximate surface area is 230 Å². The van der Waals surface area contributed by atoms with Crippen molar-refractivity contribution in [3.8, 4) is 11.5 Å². The van der Waals surface area contributed by atoms with Crippen LogP contribution in [-0.4, -0.2) is 18.0 Å². The fourth-order valence-corrected chi connectivity index (χ4v) is 5.40. The summed E-state index contributed by atoms with van der Waals surface area (Å²) in [7, 11) is 0. The maximum atomic E-state index is 12.6. The van der Waals surface area contributed by atoms with Gasteiger partial charge in [0.05, 0.1) is 16.0 Å². The van der Waals surface area contributed by atoms with Crippen molar-refractivity contribution in [3.05, 3.63) is 90.2 Å². The van der Waals surface area contributed by atoms with Gasteiger partial charge in [0.25, 0.3) is 5.91 Å². The van der Waals surface area contributed by atoms with Crippen molar-refractivity contribution in [1.82, 2.24) is 5.32 Å². The van der Waals surface area contributed by atoms with Crippen LogP contribution in [0.4, 0.5) is 5.69 Å². The standard InChI is InChI=1S/C26H23Br2ClN2O3S/c1-3-33-22-11-17(10-20(28)24(22)34-14-16-5-7-18(27)8-6-16)12-23-25(32)31-26(35-23)30-21-13-19(29)9-4-15(21)2/h4-13,26,30H,3,14H2,1-2H3,(H,31,32)/b23-12-. The van der Waals surface area contributed by atoms with Gasteiger partial charge in [-0.25, -0.2) is 0 Å². The average Bonchev–Trinajstić information content (AvgIpc) is 3.15. The summed E-state index contributed by atoms with van der Waals surface area (Å²) in [6, 6.07) is 17.4. The number of hydrogen-bond donors (Lipinski definition) is 2. The molecule has 182 valence electrons. The van der Waals surface area contributed by atoms with Gasteiger partial charge < -0.3 is 20.1 Å². The van der Waals surface area contributed by atoms with Crippen molar-refractivity contribution in [2.45, 2.75) is 26.0 Å². The fourth-order valence-electron chi connectivity index (χ4n) is 3.42. The molecule has 0 radical (unpaired) electrons. The average molecular weight is 639 g/mol. The Balaban J connectivity index is 1.51. The smallest absolute Gasteiger partial charge is 0.260 e. The number of rotatable bonds is 8. The van der Waals surface area contributed by atoms with Crippen molar-refractivity contribution < 1.29 is 14.3 Å². The molecule has 3 aromatic rings. The summed E-state index contributed by atoms with van der Waals surface area (Å²) < 4.78 is 13.7. The quantitative estimate of drug-likeness (QED) is 0.247. The lowest BCUT2D eigenvalue weighted by molar-refractivity contribution is -0.116. The molecule has 1 fully saturated rings. The molecule has 3 aromatic carbocycles. The number of hydrogen-bond acceptors (Lipinski definition) is 5. The molecule has 35 heavy (non-hydrogen) atoms. The second-order valence-electron chi connectivity index (χ2n) is 7.76. The van der Waals surface area contributed by atoms with Gasteiger partial charge in [0.2, 0.25) is 0 Å². The number of nitrogens with one attached hydrogen (secondary N) is 2. The highest BCUT2D eigenvalue weighted by Crippen LogP contribution is 2.39. The van der Waals surface area contributed by atoms with Gasteiger partial charge in [-0.15, -0.1) is 0 Å². The van der Waals surface area contributed by atoms with E-state index in [1.807, 2.05) is 74.5 Å². The van der Waals surface area contributed by atoms with Crippen molar-refractivity contribution >= 4 is 72.9 Å². The van der Waals surface area contributed by atoms with Gasteiger partial charge in [0.1, 0.15) is 6.61 Å². The first-order valence-corrected chi connectivity index (χ1v) is 13.7. The minimum absolute atomic E-state index is 0.142. The van der Waals surface area contributed by atoms with Crippen LogP contribution in [0.25, 0.3) is 6.08 Å². The highest BCUT2D eigenvalue weighted by atomic mass is 79.9. The van der Waals surface area contributed by atoms with E-state index in [9.17, 15) is 4.79 Å². The Morgan fingerprint density at radius 3 is 2.63 bits per heavy atom. The molecule has 2 N–H and O–H groups in total. The first-order chi connectivity index (χ1) is 16.8. The van der Waals surface area contributed by atoms with Crippen LogP contribution >= 0.6 is 55.2 Å². The SMILES string of the molecule is CCOc1cc(/C=C2\SC(Nc3cc(Cl)ccc3C)NC2=O)cc(Br)c1OCc1ccc(Br)cc1.